The number of carbonyl (C=O) groups excluding carboxylic acids is 1. The predicted octanol–water partition coefficient (Wildman–Crippen LogP) is 0.673. The molecular formula is C10H21N3O2. The maximum absolute atomic E-state index is 11.6. The van der Waals surface area contributed by atoms with Gasteiger partial charge in [-0.2, -0.15) is 0 Å². The van der Waals surface area contributed by atoms with Crippen molar-refractivity contribution in [2.75, 3.05) is 33.2 Å². The van der Waals surface area contributed by atoms with Gasteiger partial charge >= 0.3 is 6.03 Å². The second-order valence-corrected chi connectivity index (χ2v) is 4.91. The fourth-order valence-corrected chi connectivity index (χ4v) is 1.27. The molecule has 1 fully saturated rings. The molecule has 0 bridgehead atoms. The van der Waals surface area contributed by atoms with Gasteiger partial charge in [0.05, 0.1) is 5.60 Å². The van der Waals surface area contributed by atoms with Gasteiger partial charge in [0.25, 0.3) is 0 Å². The highest BCUT2D eigenvalue weighted by molar-refractivity contribution is 5.73. The van der Waals surface area contributed by atoms with Crippen LogP contribution in [0.1, 0.15) is 20.8 Å². The maximum atomic E-state index is 11.6. The van der Waals surface area contributed by atoms with Crippen LogP contribution in [0.5, 0.6) is 0 Å². The summed E-state index contributed by atoms with van der Waals surface area (Å²) in [6, 6.07) is -0.141. The third-order valence-corrected chi connectivity index (χ3v) is 2.24. The van der Waals surface area contributed by atoms with E-state index >= 15 is 0 Å². The van der Waals surface area contributed by atoms with Crippen molar-refractivity contribution >= 4 is 6.03 Å². The van der Waals surface area contributed by atoms with Gasteiger partial charge in [-0.15, -0.1) is 0 Å². The maximum Gasteiger partial charge on any atom is 0.341 e. The number of nitrogens with zero attached hydrogens (tertiary/aromatic N) is 2. The zero-order chi connectivity index (χ0) is 11.5. The number of hydroxylamine groups is 1. The van der Waals surface area contributed by atoms with Crippen LogP contribution < -0.4 is 5.48 Å². The van der Waals surface area contributed by atoms with Crippen LogP contribution in [0.4, 0.5) is 4.79 Å². The largest absolute Gasteiger partial charge is 0.341 e. The molecule has 0 unspecified atom stereocenters. The second kappa shape index (κ2) is 4.81. The lowest BCUT2D eigenvalue weighted by Gasteiger charge is -2.32. The highest BCUT2D eigenvalue weighted by Gasteiger charge is 2.20. The number of piperazine rings is 1. The zero-order valence-corrected chi connectivity index (χ0v) is 10.0. The average Bonchev–Trinajstić information content (AvgIpc) is 2.14. The lowest BCUT2D eigenvalue weighted by molar-refractivity contribution is -0.0596. The van der Waals surface area contributed by atoms with Gasteiger partial charge in [0.1, 0.15) is 0 Å². The molecule has 0 radical (unpaired) electrons. The van der Waals surface area contributed by atoms with Crippen LogP contribution >= 0.6 is 0 Å². The van der Waals surface area contributed by atoms with Gasteiger partial charge in [0, 0.05) is 26.2 Å². The van der Waals surface area contributed by atoms with Crippen LogP contribution in [0, 0.1) is 0 Å². The lowest BCUT2D eigenvalue weighted by Crippen LogP contribution is -2.51. The molecule has 1 saturated heterocycles. The van der Waals surface area contributed by atoms with Crippen molar-refractivity contribution in [3.8, 4) is 0 Å². The molecule has 1 N–H and O–H groups in total. The summed E-state index contributed by atoms with van der Waals surface area (Å²) >= 11 is 0. The number of amides is 2. The number of hydrogen-bond donors (Lipinski definition) is 1. The molecule has 1 rings (SSSR count). The van der Waals surface area contributed by atoms with E-state index < -0.39 is 0 Å². The molecule has 0 spiro atoms. The Labute approximate surface area is 91.3 Å². The van der Waals surface area contributed by atoms with Gasteiger partial charge in [-0.1, -0.05) is 0 Å². The van der Waals surface area contributed by atoms with Crippen LogP contribution in [-0.2, 0) is 4.84 Å². The van der Waals surface area contributed by atoms with E-state index in [1.54, 1.807) is 4.90 Å². The summed E-state index contributed by atoms with van der Waals surface area (Å²) in [5, 5.41) is 0. The van der Waals surface area contributed by atoms with Gasteiger partial charge < -0.3 is 9.80 Å². The molecule has 1 heterocycles. The highest BCUT2D eigenvalue weighted by Crippen LogP contribution is 2.05. The van der Waals surface area contributed by atoms with E-state index in [-0.39, 0.29) is 11.6 Å². The van der Waals surface area contributed by atoms with E-state index in [0.29, 0.717) is 0 Å². The summed E-state index contributed by atoms with van der Waals surface area (Å²) in [6.07, 6.45) is 0. The summed E-state index contributed by atoms with van der Waals surface area (Å²) < 4.78 is 0. The number of carbonyl (C=O) groups is 1. The first-order chi connectivity index (χ1) is 6.88. The fraction of sp³-hybridized carbons (Fsp3) is 0.900. The Morgan fingerprint density at radius 1 is 1.20 bits per heavy atom. The molecule has 0 aliphatic carbocycles. The molecule has 1 aliphatic rings. The van der Waals surface area contributed by atoms with Crippen molar-refractivity contribution in [2.45, 2.75) is 26.4 Å². The van der Waals surface area contributed by atoms with E-state index in [9.17, 15) is 4.79 Å². The number of urea groups is 1. The molecule has 0 atom stereocenters. The van der Waals surface area contributed by atoms with Crippen LogP contribution in [-0.4, -0.2) is 54.7 Å². The van der Waals surface area contributed by atoms with E-state index in [1.165, 1.54) is 0 Å². The number of hydrogen-bond acceptors (Lipinski definition) is 3. The molecule has 0 aromatic carbocycles. The lowest BCUT2D eigenvalue weighted by atomic mass is 10.2. The molecule has 0 aromatic rings. The predicted molar refractivity (Wildman–Crippen MR) is 58.4 cm³/mol. The molecule has 5 nitrogen and oxygen atoms in total. The van der Waals surface area contributed by atoms with Crippen molar-refractivity contribution < 1.29 is 9.63 Å². The van der Waals surface area contributed by atoms with Gasteiger partial charge in [-0.3, -0.25) is 4.84 Å². The van der Waals surface area contributed by atoms with Crippen molar-refractivity contribution in [2.24, 2.45) is 0 Å². The topological polar surface area (TPSA) is 44.8 Å². The Kier molecular flexibility index (Phi) is 3.93. The van der Waals surface area contributed by atoms with Gasteiger partial charge in [-0.25, -0.2) is 10.3 Å². The zero-order valence-electron chi connectivity index (χ0n) is 10.0. The smallest absolute Gasteiger partial charge is 0.320 e. The van der Waals surface area contributed by atoms with Crippen molar-refractivity contribution in [3.05, 3.63) is 0 Å². The first-order valence-corrected chi connectivity index (χ1v) is 5.30. The Morgan fingerprint density at radius 3 is 2.20 bits per heavy atom. The highest BCUT2D eigenvalue weighted by atomic mass is 16.7. The Balaban J connectivity index is 2.29. The molecule has 88 valence electrons. The first-order valence-electron chi connectivity index (χ1n) is 5.30. The molecule has 1 aliphatic heterocycles. The van der Waals surface area contributed by atoms with Crippen LogP contribution in [0.2, 0.25) is 0 Å². The average molecular weight is 215 g/mol. The SMILES string of the molecule is CN1CCN(C(=O)NOC(C)(C)C)CC1. The van der Waals surface area contributed by atoms with Gasteiger partial charge in [0.2, 0.25) is 0 Å². The van der Waals surface area contributed by atoms with E-state index in [4.69, 9.17) is 4.84 Å². The monoisotopic (exact) mass is 215 g/mol. The number of rotatable bonds is 1. The summed E-state index contributed by atoms with van der Waals surface area (Å²) in [4.78, 5) is 20.8. The van der Waals surface area contributed by atoms with E-state index in [1.807, 2.05) is 20.8 Å². The van der Waals surface area contributed by atoms with Crippen LogP contribution in [0.25, 0.3) is 0 Å². The number of nitrogens with one attached hydrogen (secondary N) is 1. The third-order valence-electron chi connectivity index (χ3n) is 2.24. The van der Waals surface area contributed by atoms with E-state index in [0.717, 1.165) is 26.2 Å². The molecular weight excluding hydrogens is 194 g/mol. The molecule has 2 amide bonds. The second-order valence-electron chi connectivity index (χ2n) is 4.91. The summed E-state index contributed by atoms with van der Waals surface area (Å²) in [5.41, 5.74) is 2.13. The summed E-state index contributed by atoms with van der Waals surface area (Å²) in [6.45, 7) is 9.06. The van der Waals surface area contributed by atoms with Crippen molar-refractivity contribution in [1.82, 2.24) is 15.3 Å². The summed E-state index contributed by atoms with van der Waals surface area (Å²) in [7, 11) is 2.06. The quantitative estimate of drug-likeness (QED) is 0.654. The molecule has 0 aromatic heterocycles. The van der Waals surface area contributed by atoms with Crippen LogP contribution in [0.3, 0.4) is 0 Å². The Morgan fingerprint density at radius 2 is 1.73 bits per heavy atom. The minimum Gasteiger partial charge on any atom is -0.320 e. The first kappa shape index (κ1) is 12.3. The molecule has 0 saturated carbocycles. The minimum absolute atomic E-state index is 0.141. The van der Waals surface area contributed by atoms with Crippen LogP contribution in [0.15, 0.2) is 0 Å². The van der Waals surface area contributed by atoms with Crippen molar-refractivity contribution in [1.29, 1.82) is 0 Å². The number of likely N-dealkylation sites (N-methyl/N-ethyl adjacent to an activating group) is 1. The normalized spacial score (nSPS) is 19.1. The van der Waals surface area contributed by atoms with Crippen molar-refractivity contribution in [3.63, 3.8) is 0 Å². The Hall–Kier alpha value is -0.810. The Bertz CT molecular complexity index is 217. The summed E-state index contributed by atoms with van der Waals surface area (Å²) in [5.74, 6) is 0. The van der Waals surface area contributed by atoms with E-state index in [2.05, 4.69) is 17.4 Å². The molecule has 15 heavy (non-hydrogen) atoms. The third kappa shape index (κ3) is 4.48. The fourth-order valence-electron chi connectivity index (χ4n) is 1.27. The van der Waals surface area contributed by atoms with Gasteiger partial charge in [-0.05, 0) is 27.8 Å². The van der Waals surface area contributed by atoms with Gasteiger partial charge in [0.15, 0.2) is 0 Å². The minimum atomic E-state index is -0.345. The molecule has 5 heteroatoms. The standard InChI is InChI=1S/C10H21N3O2/c1-10(2,3)15-11-9(14)13-7-5-12(4)6-8-13/h5-8H2,1-4H3,(H,11,14).